The van der Waals surface area contributed by atoms with Crippen molar-refractivity contribution in [1.82, 2.24) is 0 Å². The van der Waals surface area contributed by atoms with Crippen LogP contribution < -0.4 is 0 Å². The Kier molecular flexibility index (Phi) is 3.66. The van der Waals surface area contributed by atoms with Crippen molar-refractivity contribution in [3.05, 3.63) is 0 Å². The maximum atomic E-state index is 11.3. The highest BCUT2D eigenvalue weighted by Crippen LogP contribution is 2.45. The van der Waals surface area contributed by atoms with Crippen molar-refractivity contribution in [2.24, 2.45) is 0 Å². The minimum Gasteiger partial charge on any atom is -0.412 e. The molecule has 0 N–H and O–H groups in total. The molecule has 0 aliphatic carbocycles. The molecule has 0 aromatic carbocycles. The van der Waals surface area contributed by atoms with Crippen LogP contribution in [0.25, 0.3) is 0 Å². The van der Waals surface area contributed by atoms with Gasteiger partial charge in [0.2, 0.25) is 7.37 Å². The minimum atomic E-state index is -2.59. The van der Waals surface area contributed by atoms with Crippen molar-refractivity contribution in [1.29, 1.82) is 0 Å². The molecule has 0 amide bonds. The van der Waals surface area contributed by atoms with Crippen LogP contribution in [-0.4, -0.2) is 18.3 Å². The second-order valence-electron chi connectivity index (χ2n) is 2.03. The summed E-state index contributed by atoms with van der Waals surface area (Å²) < 4.78 is 16.0. The van der Waals surface area contributed by atoms with Crippen LogP contribution in [0.2, 0.25) is 0 Å². The van der Waals surface area contributed by atoms with Gasteiger partial charge in [0.05, 0.1) is 0 Å². The number of hydrogen-bond donors (Lipinski definition) is 0. The molecule has 0 spiro atoms. The molecule has 0 bridgehead atoms. The largest absolute Gasteiger partial charge is 0.412 e. The van der Waals surface area contributed by atoms with Crippen LogP contribution in [0.15, 0.2) is 0 Å². The van der Waals surface area contributed by atoms with Crippen molar-refractivity contribution in [3.8, 4) is 0 Å². The van der Waals surface area contributed by atoms with E-state index in [4.69, 9.17) is 0 Å². The predicted octanol–water partition coefficient (Wildman–Crippen LogP) is 1.87. The minimum absolute atomic E-state index is 0.434. The van der Waals surface area contributed by atoms with Crippen LogP contribution >= 0.6 is 7.37 Å². The van der Waals surface area contributed by atoms with E-state index in [0.717, 1.165) is 0 Å². The molecule has 0 rings (SSSR count). The fraction of sp³-hybridized carbons (Fsp3) is 0.833. The van der Waals surface area contributed by atoms with Crippen LogP contribution in [0.5, 0.6) is 0 Å². The molecule has 60 valence electrons. The van der Waals surface area contributed by atoms with Crippen LogP contribution in [-0.2, 0) is 13.9 Å². The Hall–Kier alpha value is -0.300. The second kappa shape index (κ2) is 3.77. The van der Waals surface area contributed by atoms with Crippen molar-refractivity contribution in [3.63, 3.8) is 0 Å². The van der Waals surface area contributed by atoms with Gasteiger partial charge in [-0.05, 0) is 0 Å². The Morgan fingerprint density at radius 1 is 1.40 bits per heavy atom. The first-order chi connectivity index (χ1) is 4.54. The summed E-state index contributed by atoms with van der Waals surface area (Å²) in [7, 11) is -2.59. The smallest absolute Gasteiger partial charge is 0.307 e. The molecule has 0 saturated carbocycles. The Morgan fingerprint density at radius 3 is 1.90 bits per heavy atom. The SMILES string of the molecule is CCP(=O)(CC)OC(C)=O. The Labute approximate surface area is 61.2 Å². The summed E-state index contributed by atoms with van der Waals surface area (Å²) in [4.78, 5) is 10.4. The highest BCUT2D eigenvalue weighted by atomic mass is 31.2. The van der Waals surface area contributed by atoms with Crippen molar-refractivity contribution in [2.45, 2.75) is 20.8 Å². The van der Waals surface area contributed by atoms with E-state index in [0.29, 0.717) is 12.3 Å². The predicted molar refractivity (Wildman–Crippen MR) is 40.5 cm³/mol. The van der Waals surface area contributed by atoms with E-state index in [-0.39, 0.29) is 0 Å². The van der Waals surface area contributed by atoms with E-state index >= 15 is 0 Å². The van der Waals surface area contributed by atoms with E-state index in [1.807, 2.05) is 0 Å². The lowest BCUT2D eigenvalue weighted by atomic mass is 10.9. The maximum absolute atomic E-state index is 11.3. The molecule has 0 unspecified atom stereocenters. The molecule has 0 atom stereocenters. The van der Waals surface area contributed by atoms with E-state index in [9.17, 15) is 9.36 Å². The van der Waals surface area contributed by atoms with E-state index in [2.05, 4.69) is 4.52 Å². The normalized spacial score (nSPS) is 11.1. The first-order valence-electron chi connectivity index (χ1n) is 3.32. The average molecular weight is 164 g/mol. The summed E-state index contributed by atoms with van der Waals surface area (Å²) in [5, 5.41) is 0. The lowest BCUT2D eigenvalue weighted by Gasteiger charge is -2.12. The van der Waals surface area contributed by atoms with Crippen LogP contribution in [0.4, 0.5) is 0 Å². The first kappa shape index (κ1) is 9.70. The third-order valence-electron chi connectivity index (χ3n) is 1.26. The second-order valence-corrected chi connectivity index (χ2v) is 5.11. The van der Waals surface area contributed by atoms with Crippen molar-refractivity contribution >= 4 is 13.3 Å². The summed E-state index contributed by atoms with van der Waals surface area (Å²) in [6.07, 6.45) is 0.867. The molecule has 0 aliphatic rings. The van der Waals surface area contributed by atoms with Gasteiger partial charge in [0.25, 0.3) is 0 Å². The van der Waals surface area contributed by atoms with Gasteiger partial charge in [-0.15, -0.1) is 0 Å². The standard InChI is InChI=1S/C6H13O3P/c1-4-10(8,5-2)9-6(3)7/h4-5H2,1-3H3. The van der Waals surface area contributed by atoms with Gasteiger partial charge >= 0.3 is 5.97 Å². The number of hydrogen-bond acceptors (Lipinski definition) is 3. The van der Waals surface area contributed by atoms with Gasteiger partial charge in [-0.3, -0.25) is 9.36 Å². The zero-order chi connectivity index (χ0) is 8.20. The van der Waals surface area contributed by atoms with Crippen LogP contribution in [0, 0.1) is 0 Å². The molecule has 10 heavy (non-hydrogen) atoms. The molecule has 0 fully saturated rings. The van der Waals surface area contributed by atoms with Crippen LogP contribution in [0.3, 0.4) is 0 Å². The molecule has 0 aromatic rings. The Bertz CT molecular complexity index is 156. The number of carbonyl (C=O) groups is 1. The molecule has 0 aromatic heterocycles. The molecule has 4 heteroatoms. The maximum Gasteiger partial charge on any atom is 0.307 e. The molecule has 0 heterocycles. The molecular weight excluding hydrogens is 151 g/mol. The third kappa shape index (κ3) is 3.02. The summed E-state index contributed by atoms with van der Waals surface area (Å²) in [6.45, 7) is 4.79. The summed E-state index contributed by atoms with van der Waals surface area (Å²) >= 11 is 0. The quantitative estimate of drug-likeness (QED) is 0.598. The highest BCUT2D eigenvalue weighted by molar-refractivity contribution is 7.59. The lowest BCUT2D eigenvalue weighted by molar-refractivity contribution is -0.131. The first-order valence-corrected chi connectivity index (χ1v) is 5.32. The third-order valence-corrected chi connectivity index (χ3v) is 3.78. The Morgan fingerprint density at radius 2 is 1.80 bits per heavy atom. The zero-order valence-electron chi connectivity index (χ0n) is 6.59. The van der Waals surface area contributed by atoms with Gasteiger partial charge in [0, 0.05) is 19.2 Å². The summed E-state index contributed by atoms with van der Waals surface area (Å²) in [5.41, 5.74) is 0. The monoisotopic (exact) mass is 164 g/mol. The van der Waals surface area contributed by atoms with Gasteiger partial charge in [-0.1, -0.05) is 13.8 Å². The Balaban J connectivity index is 4.07. The van der Waals surface area contributed by atoms with Gasteiger partial charge in [0.1, 0.15) is 0 Å². The van der Waals surface area contributed by atoms with E-state index in [1.54, 1.807) is 13.8 Å². The molecular formula is C6H13O3P. The van der Waals surface area contributed by atoms with Crippen LogP contribution in [0.1, 0.15) is 20.8 Å². The number of carbonyl (C=O) groups excluding carboxylic acids is 1. The average Bonchev–Trinajstić information content (AvgIpc) is 1.87. The molecule has 3 nitrogen and oxygen atoms in total. The van der Waals surface area contributed by atoms with Gasteiger partial charge < -0.3 is 4.52 Å². The van der Waals surface area contributed by atoms with Gasteiger partial charge in [-0.2, -0.15) is 0 Å². The van der Waals surface area contributed by atoms with E-state index < -0.39 is 13.3 Å². The topological polar surface area (TPSA) is 43.4 Å². The fourth-order valence-corrected chi connectivity index (χ4v) is 1.76. The van der Waals surface area contributed by atoms with Gasteiger partial charge in [0.15, 0.2) is 0 Å². The van der Waals surface area contributed by atoms with E-state index in [1.165, 1.54) is 6.92 Å². The summed E-state index contributed by atoms with van der Waals surface area (Å²) in [5.74, 6) is -0.452. The number of rotatable bonds is 3. The molecule has 0 aliphatic heterocycles. The zero-order valence-corrected chi connectivity index (χ0v) is 7.48. The fourth-order valence-electron chi connectivity index (χ4n) is 0.587. The highest BCUT2D eigenvalue weighted by Gasteiger charge is 2.19. The molecule has 0 saturated heterocycles. The van der Waals surface area contributed by atoms with Gasteiger partial charge in [-0.25, -0.2) is 0 Å². The van der Waals surface area contributed by atoms with Crippen molar-refractivity contribution < 1.29 is 13.9 Å². The molecule has 0 radical (unpaired) electrons. The van der Waals surface area contributed by atoms with Crippen molar-refractivity contribution in [2.75, 3.05) is 12.3 Å². The summed E-state index contributed by atoms with van der Waals surface area (Å²) in [6, 6.07) is 0. The lowest BCUT2D eigenvalue weighted by Crippen LogP contribution is -2.00.